The predicted molar refractivity (Wildman–Crippen MR) is 71.4 cm³/mol. The standard InChI is InChI=1S/C14H21NO4/c1-5-17-14(18-6-2)13(16)11-7-12(9-15-8-11)19-10(3)4/h7-10,14H,5-6H2,1-4H3. The van der Waals surface area contributed by atoms with Gasteiger partial charge in [-0.3, -0.25) is 9.78 Å². The van der Waals surface area contributed by atoms with Gasteiger partial charge in [-0.25, -0.2) is 0 Å². The monoisotopic (exact) mass is 267 g/mol. The molecule has 1 heterocycles. The topological polar surface area (TPSA) is 57.7 Å². The summed E-state index contributed by atoms with van der Waals surface area (Å²) in [6, 6.07) is 1.65. The number of rotatable bonds is 8. The Morgan fingerprint density at radius 1 is 1.21 bits per heavy atom. The van der Waals surface area contributed by atoms with Crippen LogP contribution >= 0.6 is 0 Å². The molecule has 0 atom stereocenters. The summed E-state index contributed by atoms with van der Waals surface area (Å²) >= 11 is 0. The van der Waals surface area contributed by atoms with E-state index in [9.17, 15) is 4.79 Å². The lowest BCUT2D eigenvalue weighted by atomic mass is 10.2. The van der Waals surface area contributed by atoms with Gasteiger partial charge in [0.25, 0.3) is 0 Å². The molecule has 0 aliphatic rings. The van der Waals surface area contributed by atoms with Crippen molar-refractivity contribution in [3.05, 3.63) is 24.0 Å². The van der Waals surface area contributed by atoms with Gasteiger partial charge in [0.2, 0.25) is 12.1 Å². The molecule has 0 spiro atoms. The van der Waals surface area contributed by atoms with E-state index in [0.29, 0.717) is 24.5 Å². The predicted octanol–water partition coefficient (Wildman–Crippen LogP) is 2.45. The quantitative estimate of drug-likeness (QED) is 0.535. The second kappa shape index (κ2) is 7.86. The Morgan fingerprint density at radius 2 is 1.84 bits per heavy atom. The summed E-state index contributed by atoms with van der Waals surface area (Å²) in [5.41, 5.74) is 0.421. The number of hydrogen-bond donors (Lipinski definition) is 0. The fourth-order valence-corrected chi connectivity index (χ4v) is 1.53. The van der Waals surface area contributed by atoms with Crippen molar-refractivity contribution in [2.75, 3.05) is 13.2 Å². The van der Waals surface area contributed by atoms with Crippen LogP contribution in [-0.2, 0) is 9.47 Å². The van der Waals surface area contributed by atoms with E-state index in [2.05, 4.69) is 4.98 Å². The molecule has 0 aliphatic heterocycles. The van der Waals surface area contributed by atoms with Crippen LogP contribution in [0.4, 0.5) is 0 Å². The van der Waals surface area contributed by atoms with Crippen LogP contribution in [0.1, 0.15) is 38.1 Å². The summed E-state index contributed by atoms with van der Waals surface area (Å²) in [5, 5.41) is 0. The molecule has 0 unspecified atom stereocenters. The largest absolute Gasteiger partial charge is 0.489 e. The number of carbonyl (C=O) groups excluding carboxylic acids is 1. The van der Waals surface area contributed by atoms with Gasteiger partial charge in [0.15, 0.2) is 0 Å². The smallest absolute Gasteiger partial charge is 0.222 e. The van der Waals surface area contributed by atoms with Crippen LogP contribution in [0, 0.1) is 0 Å². The van der Waals surface area contributed by atoms with Crippen LogP contribution in [0.3, 0.4) is 0 Å². The van der Waals surface area contributed by atoms with Crippen molar-refractivity contribution in [3.8, 4) is 5.75 Å². The van der Waals surface area contributed by atoms with E-state index in [-0.39, 0.29) is 11.9 Å². The molecule has 0 bridgehead atoms. The molecule has 5 heteroatoms. The van der Waals surface area contributed by atoms with Crippen molar-refractivity contribution >= 4 is 5.78 Å². The fourth-order valence-electron chi connectivity index (χ4n) is 1.53. The molecule has 0 aliphatic carbocycles. The van der Waals surface area contributed by atoms with Crippen LogP contribution in [0.15, 0.2) is 18.5 Å². The zero-order chi connectivity index (χ0) is 14.3. The van der Waals surface area contributed by atoms with Crippen molar-refractivity contribution in [2.45, 2.75) is 40.1 Å². The Bertz CT molecular complexity index is 400. The Balaban J connectivity index is 2.84. The number of Topliss-reactive ketones (excluding diaryl/α,β-unsaturated/α-hetero) is 1. The van der Waals surface area contributed by atoms with E-state index in [1.54, 1.807) is 12.3 Å². The van der Waals surface area contributed by atoms with Crippen molar-refractivity contribution in [1.82, 2.24) is 4.98 Å². The Labute approximate surface area is 113 Å². The van der Waals surface area contributed by atoms with Gasteiger partial charge < -0.3 is 14.2 Å². The molecule has 106 valence electrons. The number of hydrogen-bond acceptors (Lipinski definition) is 5. The molecule has 5 nitrogen and oxygen atoms in total. The Hall–Kier alpha value is -1.46. The minimum atomic E-state index is -0.883. The Kier molecular flexibility index (Phi) is 6.45. The van der Waals surface area contributed by atoms with Crippen molar-refractivity contribution < 1.29 is 19.0 Å². The summed E-state index contributed by atoms with van der Waals surface area (Å²) < 4.78 is 16.1. The molecule has 0 amide bonds. The second-order valence-electron chi connectivity index (χ2n) is 4.18. The van der Waals surface area contributed by atoms with Gasteiger partial charge >= 0.3 is 0 Å². The summed E-state index contributed by atoms with van der Waals surface area (Å²) in [6.07, 6.45) is 2.21. The molecule has 0 saturated carbocycles. The summed E-state index contributed by atoms with van der Waals surface area (Å²) in [7, 11) is 0. The number of nitrogens with zero attached hydrogens (tertiary/aromatic N) is 1. The van der Waals surface area contributed by atoms with Crippen LogP contribution in [0.5, 0.6) is 5.75 Å². The van der Waals surface area contributed by atoms with Gasteiger partial charge in [0.1, 0.15) is 5.75 Å². The van der Waals surface area contributed by atoms with E-state index in [0.717, 1.165) is 0 Å². The van der Waals surface area contributed by atoms with Gasteiger partial charge in [-0.1, -0.05) is 0 Å². The lowest BCUT2D eigenvalue weighted by Crippen LogP contribution is -2.28. The minimum absolute atomic E-state index is 0.0294. The van der Waals surface area contributed by atoms with Crippen LogP contribution in [-0.4, -0.2) is 36.4 Å². The number of aromatic nitrogens is 1. The van der Waals surface area contributed by atoms with E-state index >= 15 is 0 Å². The first-order valence-corrected chi connectivity index (χ1v) is 6.47. The normalized spacial score (nSPS) is 11.1. The zero-order valence-electron chi connectivity index (χ0n) is 11.9. The maximum absolute atomic E-state index is 12.2. The van der Waals surface area contributed by atoms with Crippen LogP contribution < -0.4 is 4.74 Å². The average Bonchev–Trinajstić information content (AvgIpc) is 2.37. The lowest BCUT2D eigenvalue weighted by Gasteiger charge is -2.16. The van der Waals surface area contributed by atoms with Gasteiger partial charge in [-0.05, 0) is 33.8 Å². The van der Waals surface area contributed by atoms with Crippen molar-refractivity contribution in [2.24, 2.45) is 0 Å². The van der Waals surface area contributed by atoms with Gasteiger partial charge in [-0.2, -0.15) is 0 Å². The molecule has 19 heavy (non-hydrogen) atoms. The maximum Gasteiger partial charge on any atom is 0.222 e. The summed E-state index contributed by atoms with van der Waals surface area (Å²) in [4.78, 5) is 16.2. The molecular formula is C14H21NO4. The van der Waals surface area contributed by atoms with E-state index in [1.165, 1.54) is 6.20 Å². The van der Waals surface area contributed by atoms with E-state index in [1.807, 2.05) is 27.7 Å². The summed E-state index contributed by atoms with van der Waals surface area (Å²) in [5.74, 6) is 0.318. The first-order valence-electron chi connectivity index (χ1n) is 6.47. The van der Waals surface area contributed by atoms with Crippen LogP contribution in [0.25, 0.3) is 0 Å². The number of ketones is 1. The maximum atomic E-state index is 12.2. The SMILES string of the molecule is CCOC(OCC)C(=O)c1cncc(OC(C)C)c1. The molecular weight excluding hydrogens is 246 g/mol. The van der Waals surface area contributed by atoms with E-state index < -0.39 is 6.29 Å². The molecule has 1 aromatic rings. The minimum Gasteiger partial charge on any atom is -0.489 e. The van der Waals surface area contributed by atoms with Gasteiger partial charge in [-0.15, -0.1) is 0 Å². The number of carbonyl (C=O) groups is 1. The molecule has 0 saturated heterocycles. The van der Waals surface area contributed by atoms with Gasteiger partial charge in [0, 0.05) is 25.0 Å². The number of ether oxygens (including phenoxy) is 3. The second-order valence-corrected chi connectivity index (χ2v) is 4.18. The highest BCUT2D eigenvalue weighted by atomic mass is 16.7. The molecule has 0 radical (unpaired) electrons. The Morgan fingerprint density at radius 3 is 2.37 bits per heavy atom. The highest BCUT2D eigenvalue weighted by molar-refractivity contribution is 5.98. The molecule has 0 fully saturated rings. The van der Waals surface area contributed by atoms with Crippen LogP contribution in [0.2, 0.25) is 0 Å². The van der Waals surface area contributed by atoms with Crippen molar-refractivity contribution in [1.29, 1.82) is 0 Å². The molecule has 1 rings (SSSR count). The highest BCUT2D eigenvalue weighted by Crippen LogP contribution is 2.15. The third-order valence-corrected chi connectivity index (χ3v) is 2.22. The first kappa shape index (κ1) is 15.6. The van der Waals surface area contributed by atoms with Gasteiger partial charge in [0.05, 0.1) is 12.3 Å². The average molecular weight is 267 g/mol. The van der Waals surface area contributed by atoms with Crippen molar-refractivity contribution in [3.63, 3.8) is 0 Å². The zero-order valence-corrected chi connectivity index (χ0v) is 11.9. The fraction of sp³-hybridized carbons (Fsp3) is 0.571. The number of pyridine rings is 1. The molecule has 0 N–H and O–H groups in total. The third kappa shape index (κ3) is 4.96. The van der Waals surface area contributed by atoms with E-state index in [4.69, 9.17) is 14.2 Å². The first-order chi connectivity index (χ1) is 9.08. The molecule has 0 aromatic carbocycles. The highest BCUT2D eigenvalue weighted by Gasteiger charge is 2.21. The summed E-state index contributed by atoms with van der Waals surface area (Å²) in [6.45, 7) is 8.28. The third-order valence-electron chi connectivity index (χ3n) is 2.22. The lowest BCUT2D eigenvalue weighted by molar-refractivity contribution is -0.107. The molecule has 1 aromatic heterocycles.